The quantitative estimate of drug-likeness (QED) is 0.184. The van der Waals surface area contributed by atoms with Crippen LogP contribution in [0.3, 0.4) is 0 Å². The van der Waals surface area contributed by atoms with Crippen LogP contribution >= 0.6 is 0 Å². The van der Waals surface area contributed by atoms with Crippen LogP contribution in [0, 0.1) is 0 Å². The summed E-state index contributed by atoms with van der Waals surface area (Å²) < 4.78 is 10.5. The fourth-order valence-corrected chi connectivity index (χ4v) is 3.24. The van der Waals surface area contributed by atoms with Crippen LogP contribution in [0.2, 0.25) is 0 Å². The number of nitrogens with one attached hydrogen (secondary N) is 2. The molecule has 234 valence electrons. The minimum absolute atomic E-state index is 0.269. The summed E-state index contributed by atoms with van der Waals surface area (Å²) in [6.45, 7) is 8.17. The second-order valence-electron chi connectivity index (χ2n) is 9.54. The number of aliphatic carboxylic acids is 2. The predicted octanol–water partition coefficient (Wildman–Crippen LogP) is 4.67. The summed E-state index contributed by atoms with van der Waals surface area (Å²) in [6.07, 6.45) is 6.16. The van der Waals surface area contributed by atoms with E-state index in [1.807, 2.05) is 64.1 Å². The topological polar surface area (TPSA) is 194 Å². The average Bonchev–Trinajstić information content (AvgIpc) is 3.01. The second-order valence-corrected chi connectivity index (χ2v) is 9.54. The Morgan fingerprint density at radius 3 is 1.34 bits per heavy atom. The van der Waals surface area contributed by atoms with Crippen molar-refractivity contribution < 1.29 is 29.3 Å². The van der Waals surface area contributed by atoms with Crippen LogP contribution in [-0.4, -0.2) is 78.4 Å². The first-order chi connectivity index (χ1) is 21.0. The van der Waals surface area contributed by atoms with Crippen molar-refractivity contribution in [2.75, 3.05) is 24.9 Å². The van der Waals surface area contributed by atoms with E-state index in [0.717, 1.165) is 11.4 Å². The fourth-order valence-electron chi connectivity index (χ4n) is 3.24. The SMILES string of the molecule is COc1cnc(-c2ccccn2)nc1NC(C)C.COc1cnc(-c2ccccn2)nc1NC(C)C.O=C(O)CCC(=O)O. The molecule has 44 heavy (non-hydrogen) atoms. The Morgan fingerprint density at radius 2 is 1.07 bits per heavy atom. The molecule has 0 amide bonds. The average molecular weight is 607 g/mol. The molecule has 4 heterocycles. The van der Waals surface area contributed by atoms with Gasteiger partial charge in [-0.25, -0.2) is 19.9 Å². The van der Waals surface area contributed by atoms with Crippen LogP contribution < -0.4 is 20.1 Å². The molecule has 14 heteroatoms. The lowest BCUT2D eigenvalue weighted by Gasteiger charge is -2.13. The number of methoxy groups -OCH3 is 2. The number of rotatable bonds is 11. The van der Waals surface area contributed by atoms with E-state index >= 15 is 0 Å². The summed E-state index contributed by atoms with van der Waals surface area (Å²) in [5, 5.41) is 22.3. The Balaban J connectivity index is 0.000000248. The Kier molecular flexibility index (Phi) is 14.4. The Hall–Kier alpha value is -5.40. The van der Waals surface area contributed by atoms with Crippen molar-refractivity contribution in [3.63, 3.8) is 0 Å². The van der Waals surface area contributed by atoms with Gasteiger partial charge in [0.05, 0.1) is 39.5 Å². The van der Waals surface area contributed by atoms with E-state index in [0.29, 0.717) is 34.8 Å². The molecule has 0 aliphatic heterocycles. The number of hydrogen-bond donors (Lipinski definition) is 4. The molecule has 4 rings (SSSR count). The zero-order chi connectivity index (χ0) is 32.5. The summed E-state index contributed by atoms with van der Waals surface area (Å²) in [5.41, 5.74) is 1.49. The normalized spacial score (nSPS) is 10.1. The largest absolute Gasteiger partial charge is 0.491 e. The molecular weight excluding hydrogens is 568 g/mol. The minimum Gasteiger partial charge on any atom is -0.491 e. The number of anilines is 2. The van der Waals surface area contributed by atoms with Gasteiger partial charge < -0.3 is 30.3 Å². The fraction of sp³-hybridized carbons (Fsp3) is 0.333. The standard InChI is InChI=1S/2C13H16N4O.C4H6O4/c2*1-9(2)16-13-11(18-3)8-15-12(17-13)10-6-4-5-7-14-10;5-3(6)1-2-4(7)8/h2*4-9H,1-3H3,(H,15,16,17);1-2H2,(H,5,6)(H,7,8). The minimum atomic E-state index is -1.08. The van der Waals surface area contributed by atoms with E-state index in [-0.39, 0.29) is 24.9 Å². The molecule has 4 aromatic rings. The number of hydrogen-bond acceptors (Lipinski definition) is 12. The molecule has 0 bridgehead atoms. The molecule has 0 aliphatic carbocycles. The molecule has 0 atom stereocenters. The lowest BCUT2D eigenvalue weighted by molar-refractivity contribution is -0.143. The van der Waals surface area contributed by atoms with E-state index in [1.165, 1.54) is 0 Å². The first-order valence-corrected chi connectivity index (χ1v) is 13.7. The van der Waals surface area contributed by atoms with Crippen molar-refractivity contribution in [1.82, 2.24) is 29.9 Å². The lowest BCUT2D eigenvalue weighted by atomic mass is 10.3. The van der Waals surface area contributed by atoms with Crippen molar-refractivity contribution in [3.8, 4) is 34.5 Å². The van der Waals surface area contributed by atoms with Crippen molar-refractivity contribution in [1.29, 1.82) is 0 Å². The van der Waals surface area contributed by atoms with Crippen LogP contribution in [0.25, 0.3) is 23.0 Å². The highest BCUT2D eigenvalue weighted by molar-refractivity contribution is 5.75. The van der Waals surface area contributed by atoms with Crippen LogP contribution in [0.4, 0.5) is 11.6 Å². The molecule has 0 fully saturated rings. The highest BCUT2D eigenvalue weighted by atomic mass is 16.5. The molecular formula is C30H38N8O6. The van der Waals surface area contributed by atoms with Gasteiger partial charge in [0.25, 0.3) is 0 Å². The third kappa shape index (κ3) is 12.2. The van der Waals surface area contributed by atoms with Crippen molar-refractivity contribution in [2.45, 2.75) is 52.6 Å². The Labute approximate surface area is 256 Å². The van der Waals surface area contributed by atoms with Crippen LogP contribution in [0.5, 0.6) is 11.5 Å². The molecule has 4 N–H and O–H groups in total. The molecule has 0 unspecified atom stereocenters. The van der Waals surface area contributed by atoms with Gasteiger partial charge in [-0.05, 0) is 52.0 Å². The van der Waals surface area contributed by atoms with Crippen LogP contribution in [0.1, 0.15) is 40.5 Å². The van der Waals surface area contributed by atoms with E-state index < -0.39 is 11.9 Å². The van der Waals surface area contributed by atoms with E-state index in [2.05, 4.69) is 40.5 Å². The Bertz CT molecular complexity index is 1350. The predicted molar refractivity (Wildman–Crippen MR) is 166 cm³/mol. The van der Waals surface area contributed by atoms with Crippen LogP contribution in [-0.2, 0) is 9.59 Å². The number of carboxylic acids is 2. The van der Waals surface area contributed by atoms with Gasteiger partial charge in [-0.3, -0.25) is 19.6 Å². The molecule has 0 saturated carbocycles. The smallest absolute Gasteiger partial charge is 0.303 e. The van der Waals surface area contributed by atoms with Gasteiger partial charge >= 0.3 is 11.9 Å². The van der Waals surface area contributed by atoms with E-state index in [1.54, 1.807) is 39.0 Å². The summed E-state index contributed by atoms with van der Waals surface area (Å²) in [6, 6.07) is 11.8. The highest BCUT2D eigenvalue weighted by Crippen LogP contribution is 2.25. The van der Waals surface area contributed by atoms with Gasteiger partial charge in [-0.1, -0.05) is 12.1 Å². The van der Waals surface area contributed by atoms with Gasteiger partial charge in [-0.2, -0.15) is 0 Å². The van der Waals surface area contributed by atoms with Crippen molar-refractivity contribution in [2.24, 2.45) is 0 Å². The van der Waals surface area contributed by atoms with Gasteiger partial charge in [0, 0.05) is 24.5 Å². The third-order valence-electron chi connectivity index (χ3n) is 5.14. The summed E-state index contributed by atoms with van der Waals surface area (Å²) in [7, 11) is 3.20. The lowest BCUT2D eigenvalue weighted by Crippen LogP contribution is -2.13. The first kappa shape index (κ1) is 34.8. The number of carboxylic acid groups (broad SMARTS) is 2. The number of ether oxygens (including phenoxy) is 2. The molecule has 0 saturated heterocycles. The number of aromatic nitrogens is 6. The molecule has 0 aliphatic rings. The van der Waals surface area contributed by atoms with E-state index in [9.17, 15) is 9.59 Å². The third-order valence-corrected chi connectivity index (χ3v) is 5.14. The van der Waals surface area contributed by atoms with Crippen molar-refractivity contribution in [3.05, 3.63) is 61.2 Å². The number of pyridine rings is 2. The molecule has 0 aromatic carbocycles. The zero-order valence-corrected chi connectivity index (χ0v) is 25.6. The number of carbonyl (C=O) groups is 2. The van der Waals surface area contributed by atoms with E-state index in [4.69, 9.17) is 19.7 Å². The van der Waals surface area contributed by atoms with Gasteiger partial charge in [0.2, 0.25) is 0 Å². The Morgan fingerprint density at radius 1 is 0.682 bits per heavy atom. The molecule has 4 aromatic heterocycles. The number of nitrogens with zero attached hydrogens (tertiary/aromatic N) is 6. The second kappa shape index (κ2) is 18.2. The summed E-state index contributed by atoms with van der Waals surface area (Å²) in [4.78, 5) is 45.1. The molecule has 0 spiro atoms. The van der Waals surface area contributed by atoms with Crippen molar-refractivity contribution >= 4 is 23.6 Å². The van der Waals surface area contributed by atoms with Crippen LogP contribution in [0.15, 0.2) is 61.2 Å². The van der Waals surface area contributed by atoms with Gasteiger partial charge in [-0.15, -0.1) is 0 Å². The maximum atomic E-state index is 9.64. The summed E-state index contributed by atoms with van der Waals surface area (Å²) >= 11 is 0. The van der Waals surface area contributed by atoms with Gasteiger partial charge in [0.1, 0.15) is 11.4 Å². The maximum Gasteiger partial charge on any atom is 0.303 e. The maximum absolute atomic E-state index is 9.64. The molecule has 14 nitrogen and oxygen atoms in total. The zero-order valence-electron chi connectivity index (χ0n) is 25.6. The highest BCUT2D eigenvalue weighted by Gasteiger charge is 2.12. The van der Waals surface area contributed by atoms with Gasteiger partial charge in [0.15, 0.2) is 34.8 Å². The first-order valence-electron chi connectivity index (χ1n) is 13.7. The molecule has 0 radical (unpaired) electrons. The summed E-state index contributed by atoms with van der Waals surface area (Å²) in [5.74, 6) is 1.64. The monoisotopic (exact) mass is 606 g/mol.